The van der Waals surface area contributed by atoms with Crippen molar-refractivity contribution in [2.45, 2.75) is 38.1 Å². The van der Waals surface area contributed by atoms with E-state index in [1.165, 1.54) is 0 Å². The van der Waals surface area contributed by atoms with Crippen LogP contribution < -0.4 is 0 Å². The molecule has 0 radical (unpaired) electrons. The second-order valence-electron chi connectivity index (χ2n) is 5.84. The standard InChI is InChI=1S/C14H19N3O3S/c1-14(2,3)20-9-10-6-5-7-11(8-10)12-15-13(17-16-12)21(4,18)19/h5-8H,9H2,1-4H3,(H,15,16,17). The van der Waals surface area contributed by atoms with Crippen LogP contribution in [0.4, 0.5) is 0 Å². The number of nitrogens with zero attached hydrogens (tertiary/aromatic N) is 2. The topological polar surface area (TPSA) is 84.9 Å². The molecule has 0 aliphatic heterocycles. The Morgan fingerprint density at radius 1 is 1.29 bits per heavy atom. The Morgan fingerprint density at radius 3 is 2.57 bits per heavy atom. The summed E-state index contributed by atoms with van der Waals surface area (Å²) in [6, 6.07) is 7.53. The van der Waals surface area contributed by atoms with E-state index < -0.39 is 9.84 Å². The van der Waals surface area contributed by atoms with E-state index in [9.17, 15) is 8.42 Å². The van der Waals surface area contributed by atoms with Crippen molar-refractivity contribution in [2.24, 2.45) is 0 Å². The lowest BCUT2D eigenvalue weighted by molar-refractivity contribution is -0.0149. The Morgan fingerprint density at radius 2 is 2.00 bits per heavy atom. The first kappa shape index (κ1) is 15.7. The molecular formula is C14H19N3O3S. The van der Waals surface area contributed by atoms with Crippen LogP contribution in [0.3, 0.4) is 0 Å². The number of hydrogen-bond donors (Lipinski definition) is 1. The van der Waals surface area contributed by atoms with Gasteiger partial charge in [0.1, 0.15) is 0 Å². The Bertz CT molecular complexity index is 730. The Balaban J connectivity index is 2.23. The second-order valence-corrected chi connectivity index (χ2v) is 7.77. The maximum atomic E-state index is 11.4. The third-order valence-electron chi connectivity index (χ3n) is 2.67. The van der Waals surface area contributed by atoms with Gasteiger partial charge in [-0.05, 0) is 32.4 Å². The number of rotatable bonds is 4. The normalized spacial score (nSPS) is 12.6. The van der Waals surface area contributed by atoms with Gasteiger partial charge < -0.3 is 4.74 Å². The predicted molar refractivity (Wildman–Crippen MR) is 79.5 cm³/mol. The van der Waals surface area contributed by atoms with Crippen molar-refractivity contribution in [3.8, 4) is 11.4 Å². The molecule has 0 aliphatic carbocycles. The van der Waals surface area contributed by atoms with Crippen LogP contribution in [0.15, 0.2) is 29.4 Å². The monoisotopic (exact) mass is 309 g/mol. The van der Waals surface area contributed by atoms with Gasteiger partial charge in [0.25, 0.3) is 0 Å². The molecule has 1 aromatic heterocycles. The average Bonchev–Trinajstić information content (AvgIpc) is 2.85. The van der Waals surface area contributed by atoms with Gasteiger partial charge in [-0.1, -0.05) is 18.2 Å². The van der Waals surface area contributed by atoms with Gasteiger partial charge >= 0.3 is 0 Å². The summed E-state index contributed by atoms with van der Waals surface area (Å²) in [5.74, 6) is 0.355. The van der Waals surface area contributed by atoms with E-state index in [1.807, 2.05) is 45.0 Å². The molecule has 0 unspecified atom stereocenters. The van der Waals surface area contributed by atoms with Crippen LogP contribution >= 0.6 is 0 Å². The number of H-pyrrole nitrogens is 1. The minimum Gasteiger partial charge on any atom is -0.371 e. The number of ether oxygens (including phenoxy) is 1. The molecule has 0 fully saturated rings. The van der Waals surface area contributed by atoms with Crippen LogP contribution in [0.5, 0.6) is 0 Å². The third-order valence-corrected chi connectivity index (χ3v) is 3.56. The SMILES string of the molecule is CC(C)(C)OCc1cccc(-c2n[nH]c(S(C)(=O)=O)n2)c1. The van der Waals surface area contributed by atoms with Crippen molar-refractivity contribution in [3.05, 3.63) is 29.8 Å². The summed E-state index contributed by atoms with van der Waals surface area (Å²) in [4.78, 5) is 4.01. The first-order valence-electron chi connectivity index (χ1n) is 6.51. The van der Waals surface area contributed by atoms with Crippen molar-refractivity contribution in [3.63, 3.8) is 0 Å². The molecule has 0 saturated carbocycles. The fraction of sp³-hybridized carbons (Fsp3) is 0.429. The summed E-state index contributed by atoms with van der Waals surface area (Å²) in [5, 5.41) is 6.26. The lowest BCUT2D eigenvalue weighted by Crippen LogP contribution is -2.18. The fourth-order valence-electron chi connectivity index (χ4n) is 1.64. The summed E-state index contributed by atoms with van der Waals surface area (Å²) in [6.45, 7) is 6.44. The first-order chi connectivity index (χ1) is 9.65. The highest BCUT2D eigenvalue weighted by atomic mass is 32.2. The fourth-order valence-corrected chi connectivity index (χ4v) is 2.11. The largest absolute Gasteiger partial charge is 0.371 e. The van der Waals surface area contributed by atoms with Gasteiger partial charge in [0.15, 0.2) is 5.82 Å². The van der Waals surface area contributed by atoms with Crippen LogP contribution in [0, 0.1) is 0 Å². The number of sulfone groups is 1. The maximum absolute atomic E-state index is 11.4. The molecular weight excluding hydrogens is 290 g/mol. The molecule has 2 rings (SSSR count). The zero-order valence-corrected chi connectivity index (χ0v) is 13.4. The van der Waals surface area contributed by atoms with E-state index in [2.05, 4.69) is 15.2 Å². The molecule has 6 nitrogen and oxygen atoms in total. The van der Waals surface area contributed by atoms with E-state index in [-0.39, 0.29) is 10.8 Å². The smallest absolute Gasteiger partial charge is 0.243 e. The average molecular weight is 309 g/mol. The van der Waals surface area contributed by atoms with Crippen molar-refractivity contribution in [1.82, 2.24) is 15.2 Å². The number of hydrogen-bond acceptors (Lipinski definition) is 5. The van der Waals surface area contributed by atoms with E-state index in [0.717, 1.165) is 17.4 Å². The minimum absolute atomic E-state index is 0.131. The van der Waals surface area contributed by atoms with Gasteiger partial charge in [0.2, 0.25) is 15.0 Å². The molecule has 2 aromatic rings. The quantitative estimate of drug-likeness (QED) is 0.935. The predicted octanol–water partition coefficient (Wildman–Crippen LogP) is 2.19. The molecule has 0 aliphatic rings. The van der Waals surface area contributed by atoms with Crippen LogP contribution in [0.2, 0.25) is 0 Å². The second kappa shape index (κ2) is 5.57. The number of benzene rings is 1. The van der Waals surface area contributed by atoms with Crippen molar-refractivity contribution >= 4 is 9.84 Å². The number of aromatic amines is 1. The van der Waals surface area contributed by atoms with Gasteiger partial charge in [0.05, 0.1) is 12.2 Å². The van der Waals surface area contributed by atoms with Crippen LogP contribution in [-0.2, 0) is 21.2 Å². The van der Waals surface area contributed by atoms with Gasteiger partial charge in [-0.2, -0.15) is 10.1 Å². The van der Waals surface area contributed by atoms with Crippen molar-refractivity contribution in [1.29, 1.82) is 0 Å². The third kappa shape index (κ3) is 4.37. The van der Waals surface area contributed by atoms with Crippen LogP contribution in [0.25, 0.3) is 11.4 Å². The summed E-state index contributed by atoms with van der Waals surface area (Å²) >= 11 is 0. The van der Waals surface area contributed by atoms with Gasteiger partial charge in [-0.25, -0.2) is 13.5 Å². The highest BCUT2D eigenvalue weighted by Crippen LogP contribution is 2.19. The molecule has 114 valence electrons. The van der Waals surface area contributed by atoms with E-state index in [1.54, 1.807) is 0 Å². The summed E-state index contributed by atoms with van der Waals surface area (Å²) in [6.07, 6.45) is 1.09. The van der Waals surface area contributed by atoms with E-state index in [4.69, 9.17) is 4.74 Å². The Hall–Kier alpha value is -1.73. The summed E-state index contributed by atoms with van der Waals surface area (Å²) < 4.78 is 28.5. The number of aromatic nitrogens is 3. The van der Waals surface area contributed by atoms with Crippen molar-refractivity contribution < 1.29 is 13.2 Å². The molecule has 1 heterocycles. The number of nitrogens with one attached hydrogen (secondary N) is 1. The zero-order valence-electron chi connectivity index (χ0n) is 12.5. The lowest BCUT2D eigenvalue weighted by atomic mass is 10.1. The molecule has 0 spiro atoms. The van der Waals surface area contributed by atoms with Crippen LogP contribution in [0.1, 0.15) is 26.3 Å². The molecule has 1 aromatic carbocycles. The van der Waals surface area contributed by atoms with E-state index in [0.29, 0.717) is 12.4 Å². The summed E-state index contributed by atoms with van der Waals surface area (Å²) in [5.41, 5.74) is 1.51. The van der Waals surface area contributed by atoms with Crippen molar-refractivity contribution in [2.75, 3.05) is 6.26 Å². The molecule has 21 heavy (non-hydrogen) atoms. The van der Waals surface area contributed by atoms with E-state index >= 15 is 0 Å². The Labute approximate surface area is 124 Å². The zero-order chi connectivity index (χ0) is 15.7. The van der Waals surface area contributed by atoms with Gasteiger partial charge in [0, 0.05) is 11.8 Å². The molecule has 0 atom stereocenters. The van der Waals surface area contributed by atoms with Crippen LogP contribution in [-0.4, -0.2) is 35.5 Å². The molecule has 7 heteroatoms. The molecule has 0 saturated heterocycles. The summed E-state index contributed by atoms with van der Waals surface area (Å²) in [7, 11) is -3.38. The maximum Gasteiger partial charge on any atom is 0.243 e. The highest BCUT2D eigenvalue weighted by molar-refractivity contribution is 7.90. The molecule has 0 bridgehead atoms. The van der Waals surface area contributed by atoms with Gasteiger partial charge in [-0.3, -0.25) is 0 Å². The first-order valence-corrected chi connectivity index (χ1v) is 8.40. The lowest BCUT2D eigenvalue weighted by Gasteiger charge is -2.19. The Kier molecular flexibility index (Phi) is 4.15. The highest BCUT2D eigenvalue weighted by Gasteiger charge is 2.15. The minimum atomic E-state index is -3.38. The molecule has 0 amide bonds. The molecule has 1 N–H and O–H groups in total. The van der Waals surface area contributed by atoms with Gasteiger partial charge in [-0.15, -0.1) is 0 Å².